The van der Waals surface area contributed by atoms with Crippen molar-refractivity contribution >= 4 is 28.5 Å². The van der Waals surface area contributed by atoms with E-state index in [1.165, 1.54) is 0 Å². The van der Waals surface area contributed by atoms with Crippen LogP contribution in [0.2, 0.25) is 0 Å². The highest BCUT2D eigenvalue weighted by Crippen LogP contribution is 2.24. The maximum Gasteiger partial charge on any atom is 0.314 e. The molecule has 0 aliphatic heterocycles. The van der Waals surface area contributed by atoms with Crippen molar-refractivity contribution in [1.29, 1.82) is 0 Å². The van der Waals surface area contributed by atoms with E-state index in [1.807, 2.05) is 43.4 Å². The van der Waals surface area contributed by atoms with Gasteiger partial charge in [-0.05, 0) is 45.7 Å². The first-order valence-corrected chi connectivity index (χ1v) is 9.47. The van der Waals surface area contributed by atoms with Gasteiger partial charge in [0.05, 0.1) is 18.1 Å². The van der Waals surface area contributed by atoms with Crippen molar-refractivity contribution in [3.05, 3.63) is 24.0 Å². The third kappa shape index (κ3) is 4.41. The summed E-state index contributed by atoms with van der Waals surface area (Å²) in [6.07, 6.45) is 1.75. The van der Waals surface area contributed by atoms with Crippen LogP contribution in [0.25, 0.3) is 16.7 Å². The Balaban J connectivity index is 1.65. The van der Waals surface area contributed by atoms with Gasteiger partial charge in [-0.3, -0.25) is 4.40 Å². The van der Waals surface area contributed by atoms with Crippen LogP contribution in [0.5, 0.6) is 5.75 Å². The summed E-state index contributed by atoms with van der Waals surface area (Å²) in [5, 5.41) is 17.5. The fourth-order valence-electron chi connectivity index (χ4n) is 2.97. The molecular weight excluding hydrogens is 358 g/mol. The normalized spacial score (nSPS) is 11.2. The number of carbonyl (C=O) groups excluding carboxylic acids is 1. The first kappa shape index (κ1) is 19.7. The van der Waals surface area contributed by atoms with Gasteiger partial charge in [0.15, 0.2) is 5.82 Å². The van der Waals surface area contributed by atoms with Gasteiger partial charge >= 0.3 is 6.03 Å². The SMILES string of the molecule is COc1ccc2c(c1)nc(NCCCCNC(=O)NC(C)C)c1nnc(C)n12. The van der Waals surface area contributed by atoms with E-state index in [1.54, 1.807) is 7.11 Å². The molecule has 3 rings (SSSR count). The Morgan fingerprint density at radius 2 is 2.00 bits per heavy atom. The zero-order valence-corrected chi connectivity index (χ0v) is 16.7. The minimum atomic E-state index is -0.131. The number of benzene rings is 1. The fourth-order valence-corrected chi connectivity index (χ4v) is 2.97. The lowest BCUT2D eigenvalue weighted by Gasteiger charge is -2.11. The number of amides is 2. The van der Waals surface area contributed by atoms with E-state index in [0.29, 0.717) is 18.0 Å². The van der Waals surface area contributed by atoms with Gasteiger partial charge in [-0.15, -0.1) is 10.2 Å². The summed E-state index contributed by atoms with van der Waals surface area (Å²) in [6, 6.07) is 5.76. The van der Waals surface area contributed by atoms with E-state index < -0.39 is 0 Å². The third-order valence-electron chi connectivity index (χ3n) is 4.29. The molecule has 2 amide bonds. The molecule has 0 saturated heterocycles. The Morgan fingerprint density at radius 3 is 2.75 bits per heavy atom. The molecule has 0 bridgehead atoms. The first-order valence-electron chi connectivity index (χ1n) is 9.47. The molecule has 2 heterocycles. The number of rotatable bonds is 8. The van der Waals surface area contributed by atoms with Crippen LogP contribution in [-0.4, -0.2) is 51.9 Å². The maximum atomic E-state index is 11.6. The van der Waals surface area contributed by atoms with Crippen LogP contribution in [0.3, 0.4) is 0 Å². The van der Waals surface area contributed by atoms with Gasteiger partial charge in [-0.2, -0.15) is 0 Å². The smallest absolute Gasteiger partial charge is 0.314 e. The summed E-state index contributed by atoms with van der Waals surface area (Å²) in [5.41, 5.74) is 2.44. The van der Waals surface area contributed by atoms with E-state index in [-0.39, 0.29) is 12.1 Å². The number of nitrogens with one attached hydrogen (secondary N) is 3. The summed E-state index contributed by atoms with van der Waals surface area (Å²) in [6.45, 7) is 7.13. The molecule has 0 radical (unpaired) electrons. The van der Waals surface area contributed by atoms with Gasteiger partial charge < -0.3 is 20.7 Å². The topological polar surface area (TPSA) is 105 Å². The summed E-state index contributed by atoms with van der Waals surface area (Å²) >= 11 is 0. The van der Waals surface area contributed by atoms with Crippen LogP contribution < -0.4 is 20.7 Å². The summed E-state index contributed by atoms with van der Waals surface area (Å²) in [5.74, 6) is 2.24. The van der Waals surface area contributed by atoms with Crippen LogP contribution in [0.1, 0.15) is 32.5 Å². The molecule has 3 N–H and O–H groups in total. The Morgan fingerprint density at radius 1 is 1.21 bits per heavy atom. The van der Waals surface area contributed by atoms with Crippen molar-refractivity contribution < 1.29 is 9.53 Å². The molecule has 1 aromatic carbocycles. The second-order valence-corrected chi connectivity index (χ2v) is 6.91. The Labute approximate surface area is 163 Å². The van der Waals surface area contributed by atoms with Gasteiger partial charge in [-0.1, -0.05) is 0 Å². The Bertz CT molecular complexity index is 968. The third-order valence-corrected chi connectivity index (χ3v) is 4.29. The zero-order chi connectivity index (χ0) is 20.1. The number of urea groups is 1. The second kappa shape index (κ2) is 8.73. The molecule has 2 aromatic heterocycles. The number of methoxy groups -OCH3 is 1. The molecule has 9 nitrogen and oxygen atoms in total. The molecule has 0 aliphatic carbocycles. The molecule has 0 saturated carbocycles. The monoisotopic (exact) mass is 385 g/mol. The number of unbranched alkanes of at least 4 members (excludes halogenated alkanes) is 1. The summed E-state index contributed by atoms with van der Waals surface area (Å²) in [4.78, 5) is 16.3. The van der Waals surface area contributed by atoms with Gasteiger partial charge in [0.25, 0.3) is 0 Å². The molecule has 0 atom stereocenters. The number of nitrogens with zero attached hydrogens (tertiary/aromatic N) is 4. The molecule has 0 spiro atoms. The van der Waals surface area contributed by atoms with Gasteiger partial charge in [0.1, 0.15) is 11.6 Å². The van der Waals surface area contributed by atoms with Crippen molar-refractivity contribution in [2.24, 2.45) is 0 Å². The highest BCUT2D eigenvalue weighted by atomic mass is 16.5. The lowest BCUT2D eigenvalue weighted by atomic mass is 10.2. The molecule has 28 heavy (non-hydrogen) atoms. The molecule has 0 aliphatic rings. The summed E-state index contributed by atoms with van der Waals surface area (Å²) in [7, 11) is 1.64. The lowest BCUT2D eigenvalue weighted by molar-refractivity contribution is 0.238. The molecule has 150 valence electrons. The van der Waals surface area contributed by atoms with Crippen LogP contribution in [0, 0.1) is 6.92 Å². The van der Waals surface area contributed by atoms with E-state index >= 15 is 0 Å². The molecule has 9 heteroatoms. The quantitative estimate of drug-likeness (QED) is 0.515. The predicted octanol–water partition coefficient (Wildman–Crippen LogP) is 2.49. The number of aromatic nitrogens is 4. The summed E-state index contributed by atoms with van der Waals surface area (Å²) < 4.78 is 7.30. The average molecular weight is 385 g/mol. The van der Waals surface area contributed by atoms with Crippen LogP contribution >= 0.6 is 0 Å². The minimum Gasteiger partial charge on any atom is -0.497 e. The highest BCUT2D eigenvalue weighted by molar-refractivity contribution is 5.84. The highest BCUT2D eigenvalue weighted by Gasteiger charge is 2.13. The number of anilines is 1. The minimum absolute atomic E-state index is 0.131. The number of ether oxygens (including phenoxy) is 1. The first-order chi connectivity index (χ1) is 13.5. The van der Waals surface area contributed by atoms with Crippen molar-refractivity contribution in [3.63, 3.8) is 0 Å². The molecular formula is C19H27N7O2. The second-order valence-electron chi connectivity index (χ2n) is 6.91. The van der Waals surface area contributed by atoms with Crippen LogP contribution in [0.15, 0.2) is 18.2 Å². The van der Waals surface area contributed by atoms with Crippen LogP contribution in [-0.2, 0) is 0 Å². The predicted molar refractivity (Wildman–Crippen MR) is 109 cm³/mol. The molecule has 0 fully saturated rings. The van der Waals surface area contributed by atoms with E-state index in [9.17, 15) is 4.79 Å². The number of aryl methyl sites for hydroxylation is 1. The average Bonchev–Trinajstić information content (AvgIpc) is 3.05. The van der Waals surface area contributed by atoms with E-state index in [0.717, 1.165) is 42.0 Å². The van der Waals surface area contributed by atoms with Gasteiger partial charge in [0, 0.05) is 25.2 Å². The number of hydrogen-bond acceptors (Lipinski definition) is 6. The number of hydrogen-bond donors (Lipinski definition) is 3. The zero-order valence-electron chi connectivity index (χ0n) is 16.7. The molecule has 0 unspecified atom stereocenters. The van der Waals surface area contributed by atoms with E-state index in [4.69, 9.17) is 9.72 Å². The van der Waals surface area contributed by atoms with Crippen molar-refractivity contribution in [2.45, 2.75) is 39.7 Å². The van der Waals surface area contributed by atoms with E-state index in [2.05, 4.69) is 26.1 Å². The lowest BCUT2D eigenvalue weighted by Crippen LogP contribution is -2.39. The van der Waals surface area contributed by atoms with Crippen molar-refractivity contribution in [2.75, 3.05) is 25.5 Å². The standard InChI is InChI=1S/C19H27N7O2/c1-12(2)22-19(27)21-10-6-5-9-20-17-18-25-24-13(3)26(18)16-8-7-14(28-4)11-15(16)23-17/h7-8,11-12H,5-6,9-10H2,1-4H3,(H,20,23)(H2,21,22,27). The number of carbonyl (C=O) groups is 1. The largest absolute Gasteiger partial charge is 0.497 e. The molecule has 3 aromatic rings. The number of fused-ring (bicyclic) bond motifs is 3. The van der Waals surface area contributed by atoms with Crippen LogP contribution in [0.4, 0.5) is 10.6 Å². The van der Waals surface area contributed by atoms with Gasteiger partial charge in [0.2, 0.25) is 5.65 Å². The van der Waals surface area contributed by atoms with Crippen molar-refractivity contribution in [1.82, 2.24) is 30.2 Å². The van der Waals surface area contributed by atoms with Gasteiger partial charge in [-0.25, -0.2) is 9.78 Å². The Kier molecular flexibility index (Phi) is 6.13. The Hall–Kier alpha value is -3.10. The maximum absolute atomic E-state index is 11.6. The van der Waals surface area contributed by atoms with Crippen molar-refractivity contribution in [3.8, 4) is 5.75 Å². The fraction of sp³-hybridized carbons (Fsp3) is 0.474.